The van der Waals surface area contributed by atoms with Gasteiger partial charge in [-0.1, -0.05) is 0 Å². The maximum atomic E-state index is 11.5. The van der Waals surface area contributed by atoms with Crippen LogP contribution in [0.15, 0.2) is 18.2 Å². The average molecular weight is 210 g/mol. The number of amides is 1. The predicted molar refractivity (Wildman–Crippen MR) is 56.6 cm³/mol. The molecule has 15 heavy (non-hydrogen) atoms. The van der Waals surface area contributed by atoms with Crippen molar-refractivity contribution in [1.82, 2.24) is 5.32 Å². The van der Waals surface area contributed by atoms with Crippen molar-refractivity contribution in [2.75, 3.05) is 18.9 Å². The Balaban J connectivity index is 2.68. The number of aliphatic hydroxyl groups excluding tert-OH is 1. The molecule has 0 radical (unpaired) electrons. The van der Waals surface area contributed by atoms with Crippen LogP contribution in [0.4, 0.5) is 5.69 Å². The monoisotopic (exact) mass is 210 g/mol. The van der Waals surface area contributed by atoms with E-state index >= 15 is 0 Å². The number of phenols is 1. The molecule has 0 unspecified atom stereocenters. The summed E-state index contributed by atoms with van der Waals surface area (Å²) >= 11 is 0. The van der Waals surface area contributed by atoms with Crippen LogP contribution in [-0.2, 0) is 0 Å². The summed E-state index contributed by atoms with van der Waals surface area (Å²) in [5, 5.41) is 20.3. The minimum Gasteiger partial charge on any atom is -0.508 e. The summed E-state index contributed by atoms with van der Waals surface area (Å²) in [4.78, 5) is 11.5. The minimum absolute atomic E-state index is 0.00323. The summed E-state index contributed by atoms with van der Waals surface area (Å²) in [5.41, 5.74) is 6.13. The van der Waals surface area contributed by atoms with Crippen LogP contribution in [0, 0.1) is 0 Å². The molecule has 0 saturated heterocycles. The Morgan fingerprint density at radius 1 is 1.47 bits per heavy atom. The molecule has 1 amide bonds. The molecule has 5 N–H and O–H groups in total. The first kappa shape index (κ1) is 11.3. The molecule has 0 fully saturated rings. The minimum atomic E-state index is -0.350. The van der Waals surface area contributed by atoms with Crippen LogP contribution >= 0.6 is 0 Å². The zero-order valence-electron chi connectivity index (χ0n) is 8.23. The van der Waals surface area contributed by atoms with Crippen molar-refractivity contribution in [3.05, 3.63) is 23.8 Å². The van der Waals surface area contributed by atoms with Gasteiger partial charge in [0, 0.05) is 18.8 Å². The maximum Gasteiger partial charge on any atom is 0.253 e. The van der Waals surface area contributed by atoms with E-state index in [1.165, 1.54) is 18.2 Å². The number of anilines is 1. The van der Waals surface area contributed by atoms with E-state index in [2.05, 4.69) is 5.32 Å². The lowest BCUT2D eigenvalue weighted by atomic mass is 10.1. The van der Waals surface area contributed by atoms with Crippen molar-refractivity contribution in [3.63, 3.8) is 0 Å². The molecule has 5 nitrogen and oxygen atoms in total. The van der Waals surface area contributed by atoms with Crippen molar-refractivity contribution in [3.8, 4) is 5.75 Å². The van der Waals surface area contributed by atoms with E-state index in [9.17, 15) is 9.90 Å². The largest absolute Gasteiger partial charge is 0.508 e. The maximum absolute atomic E-state index is 11.5. The molecule has 0 bridgehead atoms. The first-order valence-electron chi connectivity index (χ1n) is 4.62. The Morgan fingerprint density at radius 3 is 2.87 bits per heavy atom. The molecule has 1 rings (SSSR count). The summed E-state index contributed by atoms with van der Waals surface area (Å²) in [6, 6.07) is 4.19. The lowest BCUT2D eigenvalue weighted by Crippen LogP contribution is -2.25. The van der Waals surface area contributed by atoms with E-state index < -0.39 is 0 Å². The number of benzene rings is 1. The van der Waals surface area contributed by atoms with Crippen LogP contribution in [0.1, 0.15) is 16.8 Å². The molecule has 0 aliphatic carbocycles. The predicted octanol–water partition coefficient (Wildman–Crippen LogP) is 0.0866. The SMILES string of the molecule is Nc1ccc(O)cc1C(=O)NCCCO. The number of carbonyl (C=O) groups excluding carboxylic acids is 1. The third-order valence-corrected chi connectivity index (χ3v) is 1.90. The first-order valence-corrected chi connectivity index (χ1v) is 4.62. The summed E-state index contributed by atoms with van der Waals surface area (Å²) in [5.74, 6) is -0.353. The van der Waals surface area contributed by atoms with Crippen LogP contribution in [0.3, 0.4) is 0 Å². The van der Waals surface area contributed by atoms with Crippen molar-refractivity contribution in [2.24, 2.45) is 0 Å². The third-order valence-electron chi connectivity index (χ3n) is 1.90. The van der Waals surface area contributed by atoms with Crippen LogP contribution in [0.25, 0.3) is 0 Å². The van der Waals surface area contributed by atoms with Gasteiger partial charge < -0.3 is 21.3 Å². The second kappa shape index (κ2) is 5.21. The zero-order valence-corrected chi connectivity index (χ0v) is 8.23. The van der Waals surface area contributed by atoms with Gasteiger partial charge >= 0.3 is 0 Å². The van der Waals surface area contributed by atoms with E-state index in [1.54, 1.807) is 0 Å². The fourth-order valence-electron chi connectivity index (χ4n) is 1.12. The van der Waals surface area contributed by atoms with Gasteiger partial charge in [-0.15, -0.1) is 0 Å². The molecule has 0 heterocycles. The molecule has 0 aromatic heterocycles. The Hall–Kier alpha value is -1.75. The summed E-state index contributed by atoms with van der Waals surface area (Å²) in [7, 11) is 0. The molecule has 1 aromatic rings. The number of nitrogens with one attached hydrogen (secondary N) is 1. The number of hydrogen-bond acceptors (Lipinski definition) is 4. The van der Waals surface area contributed by atoms with Gasteiger partial charge in [-0.2, -0.15) is 0 Å². The van der Waals surface area contributed by atoms with Crippen LogP contribution in [0.2, 0.25) is 0 Å². The smallest absolute Gasteiger partial charge is 0.253 e. The van der Waals surface area contributed by atoms with Crippen molar-refractivity contribution in [2.45, 2.75) is 6.42 Å². The highest BCUT2D eigenvalue weighted by atomic mass is 16.3. The molecule has 0 atom stereocenters. The van der Waals surface area contributed by atoms with E-state index in [1.807, 2.05) is 0 Å². The molecule has 0 aliphatic rings. The van der Waals surface area contributed by atoms with Crippen molar-refractivity contribution in [1.29, 1.82) is 0 Å². The van der Waals surface area contributed by atoms with Gasteiger partial charge in [0.05, 0.1) is 5.56 Å². The molecular formula is C10H14N2O3. The Morgan fingerprint density at radius 2 is 2.20 bits per heavy atom. The standard InChI is InChI=1S/C10H14N2O3/c11-9-3-2-7(14)6-8(9)10(15)12-4-1-5-13/h2-3,6,13-14H,1,4-5,11H2,(H,12,15). The quantitative estimate of drug-likeness (QED) is 0.321. The Bertz CT molecular complexity index is 353. The second-order valence-corrected chi connectivity index (χ2v) is 3.10. The molecule has 0 saturated carbocycles. The Kier molecular flexibility index (Phi) is 3.93. The highest BCUT2D eigenvalue weighted by Gasteiger charge is 2.09. The number of aromatic hydroxyl groups is 1. The zero-order chi connectivity index (χ0) is 11.3. The van der Waals surface area contributed by atoms with Gasteiger partial charge in [0.1, 0.15) is 5.75 Å². The van der Waals surface area contributed by atoms with Gasteiger partial charge in [-0.05, 0) is 24.6 Å². The fourth-order valence-corrected chi connectivity index (χ4v) is 1.12. The van der Waals surface area contributed by atoms with E-state index in [0.717, 1.165) is 0 Å². The first-order chi connectivity index (χ1) is 7.15. The number of nitrogen functional groups attached to an aromatic ring is 1. The molecule has 5 heteroatoms. The number of rotatable bonds is 4. The van der Waals surface area contributed by atoms with E-state index in [4.69, 9.17) is 10.8 Å². The molecule has 0 spiro atoms. The molecular weight excluding hydrogens is 196 g/mol. The number of phenolic OH excluding ortho intramolecular Hbond substituents is 1. The summed E-state index contributed by atoms with van der Waals surface area (Å²) in [6.07, 6.45) is 0.491. The van der Waals surface area contributed by atoms with Gasteiger partial charge in [0.25, 0.3) is 5.91 Å². The van der Waals surface area contributed by atoms with Gasteiger partial charge in [-0.25, -0.2) is 0 Å². The Labute approximate surface area is 87.5 Å². The second-order valence-electron chi connectivity index (χ2n) is 3.10. The number of nitrogens with two attached hydrogens (primary N) is 1. The molecule has 1 aromatic carbocycles. The van der Waals surface area contributed by atoms with Crippen LogP contribution in [0.5, 0.6) is 5.75 Å². The van der Waals surface area contributed by atoms with Crippen molar-refractivity contribution >= 4 is 11.6 Å². The van der Waals surface area contributed by atoms with Gasteiger partial charge in [-0.3, -0.25) is 4.79 Å². The van der Waals surface area contributed by atoms with Gasteiger partial charge in [0.2, 0.25) is 0 Å². The lowest BCUT2D eigenvalue weighted by Gasteiger charge is -2.06. The van der Waals surface area contributed by atoms with Crippen LogP contribution in [-0.4, -0.2) is 29.3 Å². The topological polar surface area (TPSA) is 95.6 Å². The number of carbonyl (C=O) groups is 1. The van der Waals surface area contributed by atoms with Gasteiger partial charge in [0.15, 0.2) is 0 Å². The average Bonchev–Trinajstić information content (AvgIpc) is 2.22. The summed E-state index contributed by atoms with van der Waals surface area (Å²) in [6.45, 7) is 0.403. The fraction of sp³-hybridized carbons (Fsp3) is 0.300. The normalized spacial score (nSPS) is 9.93. The molecule has 0 aliphatic heterocycles. The number of aliphatic hydroxyl groups is 1. The number of hydrogen-bond donors (Lipinski definition) is 4. The van der Waals surface area contributed by atoms with E-state index in [-0.39, 0.29) is 23.8 Å². The highest BCUT2D eigenvalue weighted by Crippen LogP contribution is 2.17. The molecule has 82 valence electrons. The highest BCUT2D eigenvalue weighted by molar-refractivity contribution is 5.99. The van der Waals surface area contributed by atoms with Crippen LogP contribution < -0.4 is 11.1 Å². The summed E-state index contributed by atoms with van der Waals surface area (Å²) < 4.78 is 0. The van der Waals surface area contributed by atoms with Crippen molar-refractivity contribution < 1.29 is 15.0 Å². The third kappa shape index (κ3) is 3.14. The van der Waals surface area contributed by atoms with E-state index in [0.29, 0.717) is 18.7 Å². The lowest BCUT2D eigenvalue weighted by molar-refractivity contribution is 0.0951.